The molecule has 4 rings (SSSR count). The fourth-order valence-corrected chi connectivity index (χ4v) is 4.09. The summed E-state index contributed by atoms with van der Waals surface area (Å²) in [6.45, 7) is 0. The van der Waals surface area contributed by atoms with Gasteiger partial charge < -0.3 is 19.5 Å². The second-order valence-corrected chi connectivity index (χ2v) is 7.67. The van der Waals surface area contributed by atoms with Crippen LogP contribution >= 0.6 is 11.3 Å². The number of methoxy groups -OCH3 is 3. The third-order valence-electron chi connectivity index (χ3n) is 4.90. The maximum Gasteiger partial charge on any atom is 0.339 e. The van der Waals surface area contributed by atoms with E-state index in [0.717, 1.165) is 5.56 Å². The lowest BCUT2D eigenvalue weighted by Crippen LogP contribution is -2.17. The minimum atomic E-state index is -0.653. The van der Waals surface area contributed by atoms with Crippen LogP contribution in [0, 0.1) is 0 Å². The van der Waals surface area contributed by atoms with Gasteiger partial charge in [-0.2, -0.15) is 0 Å². The molecule has 1 N–H and O–H groups in total. The number of amides is 1. The molecule has 1 amide bonds. The monoisotopic (exact) mass is 465 g/mol. The molecule has 2 aromatic heterocycles. The number of thiazole rings is 1. The van der Waals surface area contributed by atoms with Gasteiger partial charge >= 0.3 is 11.9 Å². The highest BCUT2D eigenvalue weighted by atomic mass is 32.1. The Hall–Kier alpha value is -4.18. The van der Waals surface area contributed by atoms with E-state index in [-0.39, 0.29) is 16.8 Å². The Balaban J connectivity index is 1.69. The number of benzene rings is 2. The molecule has 0 radical (unpaired) electrons. The highest BCUT2D eigenvalue weighted by Crippen LogP contribution is 2.27. The molecular weight excluding hydrogens is 446 g/mol. The van der Waals surface area contributed by atoms with Crippen LogP contribution in [0.1, 0.15) is 31.2 Å². The van der Waals surface area contributed by atoms with Gasteiger partial charge in [-0.3, -0.25) is 9.20 Å². The molecule has 0 aliphatic carbocycles. The van der Waals surface area contributed by atoms with Crippen molar-refractivity contribution in [1.82, 2.24) is 9.38 Å². The van der Waals surface area contributed by atoms with Crippen molar-refractivity contribution in [2.75, 3.05) is 26.6 Å². The first-order chi connectivity index (χ1) is 15.9. The summed E-state index contributed by atoms with van der Waals surface area (Å²) >= 11 is 1.30. The number of hydrogen-bond acceptors (Lipinski definition) is 8. The van der Waals surface area contributed by atoms with Gasteiger partial charge in [0.15, 0.2) is 4.96 Å². The van der Waals surface area contributed by atoms with E-state index in [2.05, 4.69) is 10.3 Å². The summed E-state index contributed by atoms with van der Waals surface area (Å²) in [7, 11) is 4.07. The largest absolute Gasteiger partial charge is 0.497 e. The molecule has 0 fully saturated rings. The van der Waals surface area contributed by atoms with Crippen LogP contribution in [0.4, 0.5) is 5.69 Å². The number of esters is 2. The summed E-state index contributed by atoms with van der Waals surface area (Å²) in [4.78, 5) is 42.4. The van der Waals surface area contributed by atoms with Crippen molar-refractivity contribution < 1.29 is 28.6 Å². The zero-order valence-corrected chi connectivity index (χ0v) is 18.8. The molecule has 9 nitrogen and oxygen atoms in total. The molecule has 0 unspecified atom stereocenters. The van der Waals surface area contributed by atoms with Crippen LogP contribution < -0.4 is 10.1 Å². The lowest BCUT2D eigenvalue weighted by Gasteiger charge is -2.11. The molecule has 2 heterocycles. The van der Waals surface area contributed by atoms with Gasteiger partial charge in [0.25, 0.3) is 5.91 Å². The quantitative estimate of drug-likeness (QED) is 0.430. The van der Waals surface area contributed by atoms with Gasteiger partial charge in [-0.05, 0) is 30.3 Å². The van der Waals surface area contributed by atoms with Crippen molar-refractivity contribution in [3.63, 3.8) is 0 Å². The topological polar surface area (TPSA) is 108 Å². The Morgan fingerprint density at radius 1 is 1.00 bits per heavy atom. The predicted molar refractivity (Wildman–Crippen MR) is 122 cm³/mol. The molecule has 0 saturated heterocycles. The average molecular weight is 465 g/mol. The maximum absolute atomic E-state index is 13.1. The maximum atomic E-state index is 13.1. The molecule has 0 saturated carbocycles. The molecule has 0 spiro atoms. The van der Waals surface area contributed by atoms with Gasteiger partial charge in [-0.15, -0.1) is 11.3 Å². The number of hydrogen-bond donors (Lipinski definition) is 1. The van der Waals surface area contributed by atoms with E-state index in [1.807, 2.05) is 24.3 Å². The second kappa shape index (κ2) is 9.13. The summed E-state index contributed by atoms with van der Waals surface area (Å²) in [5, 5.41) is 4.36. The number of rotatable bonds is 6. The normalized spacial score (nSPS) is 10.6. The number of aromatic nitrogens is 2. The van der Waals surface area contributed by atoms with Crippen LogP contribution in [-0.2, 0) is 9.47 Å². The molecule has 33 heavy (non-hydrogen) atoms. The molecule has 0 atom stereocenters. The van der Waals surface area contributed by atoms with E-state index in [9.17, 15) is 14.4 Å². The number of carbonyl (C=O) groups excluding carboxylic acids is 3. The molecule has 10 heteroatoms. The van der Waals surface area contributed by atoms with Crippen molar-refractivity contribution in [2.45, 2.75) is 0 Å². The standard InChI is InChI=1S/C23H19N3O6S/c1-30-15-6-4-5-13(9-15)18-11-26-19(12-33-23(26)25-18)20(27)24-17-10-14(21(28)31-2)7-8-16(17)22(29)32-3/h4-12H,1-3H3,(H,24,27). The minimum Gasteiger partial charge on any atom is -0.497 e. The van der Waals surface area contributed by atoms with Crippen molar-refractivity contribution in [2.24, 2.45) is 0 Å². The van der Waals surface area contributed by atoms with Crippen molar-refractivity contribution in [3.8, 4) is 17.0 Å². The number of imidazole rings is 1. The van der Waals surface area contributed by atoms with Crippen LogP contribution in [0.3, 0.4) is 0 Å². The van der Waals surface area contributed by atoms with E-state index in [1.165, 1.54) is 43.8 Å². The Bertz CT molecular complexity index is 1370. The van der Waals surface area contributed by atoms with Crippen LogP contribution in [0.2, 0.25) is 0 Å². The van der Waals surface area contributed by atoms with Crippen molar-refractivity contribution in [3.05, 3.63) is 70.9 Å². The van der Waals surface area contributed by atoms with E-state index in [0.29, 0.717) is 22.1 Å². The van der Waals surface area contributed by atoms with Gasteiger partial charge in [0, 0.05) is 17.1 Å². The Kier molecular flexibility index (Phi) is 6.09. The third-order valence-corrected chi connectivity index (χ3v) is 5.74. The highest BCUT2D eigenvalue weighted by Gasteiger charge is 2.20. The van der Waals surface area contributed by atoms with Crippen molar-refractivity contribution in [1.29, 1.82) is 0 Å². The van der Waals surface area contributed by atoms with Crippen LogP contribution in [-0.4, -0.2) is 48.6 Å². The molecule has 2 aromatic carbocycles. The van der Waals surface area contributed by atoms with Gasteiger partial charge in [-0.25, -0.2) is 14.6 Å². The fraction of sp³-hybridized carbons (Fsp3) is 0.130. The number of carbonyl (C=O) groups is 3. The van der Waals surface area contributed by atoms with Gasteiger partial charge in [0.2, 0.25) is 0 Å². The lowest BCUT2D eigenvalue weighted by atomic mass is 10.1. The Morgan fingerprint density at radius 3 is 2.52 bits per heavy atom. The molecule has 0 bridgehead atoms. The molecular formula is C23H19N3O6S. The van der Waals surface area contributed by atoms with Gasteiger partial charge in [0.05, 0.1) is 43.8 Å². The average Bonchev–Trinajstić information content (AvgIpc) is 3.44. The van der Waals surface area contributed by atoms with E-state index >= 15 is 0 Å². The van der Waals surface area contributed by atoms with Gasteiger partial charge in [0.1, 0.15) is 11.4 Å². The zero-order chi connectivity index (χ0) is 23.5. The number of nitrogens with zero attached hydrogens (tertiary/aromatic N) is 2. The Morgan fingerprint density at radius 2 is 1.79 bits per heavy atom. The summed E-state index contributed by atoms with van der Waals surface area (Å²) in [5.41, 5.74) is 2.25. The first kappa shape index (κ1) is 22.0. The predicted octanol–water partition coefficient (Wildman–Crippen LogP) is 3.90. The molecule has 0 aliphatic heterocycles. The third kappa shape index (κ3) is 4.28. The second-order valence-electron chi connectivity index (χ2n) is 6.83. The van der Waals surface area contributed by atoms with Crippen LogP contribution in [0.25, 0.3) is 16.2 Å². The molecule has 0 aliphatic rings. The fourth-order valence-electron chi connectivity index (χ4n) is 3.24. The minimum absolute atomic E-state index is 0.104. The van der Waals surface area contributed by atoms with Crippen LogP contribution in [0.15, 0.2) is 54.0 Å². The Labute approximate surface area is 192 Å². The number of nitrogens with one attached hydrogen (secondary N) is 1. The van der Waals surface area contributed by atoms with Crippen LogP contribution in [0.5, 0.6) is 5.75 Å². The smallest absolute Gasteiger partial charge is 0.339 e. The lowest BCUT2D eigenvalue weighted by molar-refractivity contribution is 0.0587. The summed E-state index contributed by atoms with van der Waals surface area (Å²) < 4.78 is 16.4. The zero-order valence-electron chi connectivity index (χ0n) is 17.9. The number of ether oxygens (including phenoxy) is 3. The van der Waals surface area contributed by atoms with E-state index in [4.69, 9.17) is 14.2 Å². The van der Waals surface area contributed by atoms with E-state index < -0.39 is 17.8 Å². The van der Waals surface area contributed by atoms with E-state index in [1.54, 1.807) is 23.1 Å². The summed E-state index contributed by atoms with van der Waals surface area (Å²) in [6.07, 6.45) is 1.75. The first-order valence-electron chi connectivity index (χ1n) is 9.68. The first-order valence-corrected chi connectivity index (χ1v) is 10.6. The number of fused-ring (bicyclic) bond motifs is 1. The SMILES string of the molecule is COC(=O)c1ccc(C(=O)OC)c(NC(=O)c2csc3nc(-c4cccc(OC)c4)cn23)c1. The number of anilines is 1. The molecule has 168 valence electrons. The summed E-state index contributed by atoms with van der Waals surface area (Å²) in [5.74, 6) is -1.04. The van der Waals surface area contributed by atoms with Gasteiger partial charge in [-0.1, -0.05) is 12.1 Å². The van der Waals surface area contributed by atoms with Crippen molar-refractivity contribution >= 4 is 39.8 Å². The highest BCUT2D eigenvalue weighted by molar-refractivity contribution is 7.15. The molecule has 4 aromatic rings. The summed E-state index contributed by atoms with van der Waals surface area (Å²) in [6, 6.07) is 11.6.